The summed E-state index contributed by atoms with van der Waals surface area (Å²) >= 11 is 5.65. The highest BCUT2D eigenvalue weighted by Gasteiger charge is 2.33. The molecule has 0 unspecified atom stereocenters. The van der Waals surface area contributed by atoms with Gasteiger partial charge in [-0.3, -0.25) is 0 Å². The van der Waals surface area contributed by atoms with E-state index in [9.17, 15) is 13.6 Å². The van der Waals surface area contributed by atoms with Crippen molar-refractivity contribution in [3.8, 4) is 0 Å². The van der Waals surface area contributed by atoms with E-state index in [1.807, 2.05) is 0 Å². The molecule has 0 aliphatic carbocycles. The van der Waals surface area contributed by atoms with Gasteiger partial charge in [0, 0.05) is 6.54 Å². The highest BCUT2D eigenvalue weighted by atomic mass is 35.5. The summed E-state index contributed by atoms with van der Waals surface area (Å²) in [5.41, 5.74) is -0.177. The second-order valence-electron chi connectivity index (χ2n) is 6.48. The third-order valence-corrected chi connectivity index (χ3v) is 3.61. The van der Waals surface area contributed by atoms with Crippen LogP contribution in [0, 0.1) is 5.95 Å². The molecule has 2 atom stereocenters. The third-order valence-electron chi connectivity index (χ3n) is 3.34. The van der Waals surface area contributed by atoms with Gasteiger partial charge in [-0.2, -0.15) is 4.39 Å². The van der Waals surface area contributed by atoms with Crippen molar-refractivity contribution in [2.75, 3.05) is 18.4 Å². The molecule has 1 saturated heterocycles. The van der Waals surface area contributed by atoms with Gasteiger partial charge in [-0.25, -0.2) is 14.2 Å². The van der Waals surface area contributed by atoms with Crippen molar-refractivity contribution in [2.45, 2.75) is 45.0 Å². The zero-order valence-electron chi connectivity index (χ0n) is 13.3. The van der Waals surface area contributed by atoms with E-state index in [1.54, 1.807) is 20.8 Å². The number of halogens is 3. The average Bonchev–Trinajstić information content (AvgIpc) is 2.43. The van der Waals surface area contributed by atoms with E-state index < -0.39 is 29.9 Å². The molecule has 2 heterocycles. The second kappa shape index (κ2) is 6.86. The molecule has 0 saturated carbocycles. The number of alkyl halides is 1. The Kier molecular flexibility index (Phi) is 5.29. The van der Waals surface area contributed by atoms with Crippen LogP contribution in [0.3, 0.4) is 0 Å². The van der Waals surface area contributed by atoms with Crippen molar-refractivity contribution >= 4 is 23.4 Å². The topological polar surface area (TPSA) is 54.5 Å². The summed E-state index contributed by atoms with van der Waals surface area (Å²) in [7, 11) is 0. The van der Waals surface area contributed by atoms with Crippen LogP contribution in [-0.2, 0) is 4.74 Å². The van der Waals surface area contributed by atoms with Crippen LogP contribution in [0.4, 0.5) is 19.3 Å². The summed E-state index contributed by atoms with van der Waals surface area (Å²) in [6.45, 7) is 5.59. The van der Waals surface area contributed by atoms with Crippen LogP contribution in [-0.4, -0.2) is 46.9 Å². The Morgan fingerprint density at radius 1 is 1.52 bits per heavy atom. The van der Waals surface area contributed by atoms with E-state index in [0.717, 1.165) is 0 Å². The molecule has 1 aliphatic rings. The molecular weight excluding hydrogens is 328 g/mol. The van der Waals surface area contributed by atoms with E-state index in [2.05, 4.69) is 10.3 Å². The molecule has 23 heavy (non-hydrogen) atoms. The van der Waals surface area contributed by atoms with Crippen molar-refractivity contribution in [3.63, 3.8) is 0 Å². The van der Waals surface area contributed by atoms with E-state index in [4.69, 9.17) is 16.3 Å². The number of nitrogens with zero attached hydrogens (tertiary/aromatic N) is 2. The molecule has 0 radical (unpaired) electrons. The van der Waals surface area contributed by atoms with E-state index in [1.165, 1.54) is 17.2 Å². The number of ether oxygens (including phenoxy) is 1. The third kappa shape index (κ3) is 4.92. The molecule has 1 aliphatic heterocycles. The minimum Gasteiger partial charge on any atom is -0.444 e. The number of nitrogens with one attached hydrogen (secondary N) is 1. The number of carbonyl (C=O) groups excluding carboxylic acids is 1. The summed E-state index contributed by atoms with van der Waals surface area (Å²) in [6.07, 6.45) is -0.144. The number of anilines is 1. The Labute approximate surface area is 139 Å². The molecule has 1 aromatic rings. The van der Waals surface area contributed by atoms with E-state index >= 15 is 0 Å². The highest BCUT2D eigenvalue weighted by Crippen LogP contribution is 2.23. The molecule has 1 amide bonds. The van der Waals surface area contributed by atoms with Gasteiger partial charge in [0.2, 0.25) is 5.95 Å². The van der Waals surface area contributed by atoms with Crippen LogP contribution in [0.5, 0.6) is 0 Å². The largest absolute Gasteiger partial charge is 0.444 e. The summed E-state index contributed by atoms with van der Waals surface area (Å²) in [4.78, 5) is 16.8. The summed E-state index contributed by atoms with van der Waals surface area (Å²) in [5, 5.41) is 2.81. The fourth-order valence-electron chi connectivity index (χ4n) is 2.27. The maximum absolute atomic E-state index is 14.3. The number of carbonyl (C=O) groups is 1. The Morgan fingerprint density at radius 2 is 2.22 bits per heavy atom. The molecule has 1 aromatic heterocycles. The Morgan fingerprint density at radius 3 is 2.78 bits per heavy atom. The monoisotopic (exact) mass is 347 g/mol. The molecule has 1 fully saturated rings. The van der Waals surface area contributed by atoms with Gasteiger partial charge in [0.1, 0.15) is 11.8 Å². The predicted octanol–water partition coefficient (Wildman–Crippen LogP) is 3.63. The fourth-order valence-corrected chi connectivity index (χ4v) is 2.44. The quantitative estimate of drug-likeness (QED) is 0.830. The lowest BCUT2D eigenvalue weighted by Gasteiger charge is -2.36. The maximum Gasteiger partial charge on any atom is 0.410 e. The van der Waals surface area contributed by atoms with E-state index in [-0.39, 0.29) is 11.6 Å². The van der Waals surface area contributed by atoms with Crippen LogP contribution >= 0.6 is 11.6 Å². The number of rotatable bonds is 2. The molecule has 1 N–H and O–H groups in total. The van der Waals surface area contributed by atoms with Crippen LogP contribution in [0.2, 0.25) is 5.02 Å². The Balaban J connectivity index is 1.93. The minimum atomic E-state index is -1.28. The van der Waals surface area contributed by atoms with Gasteiger partial charge in [-0.05, 0) is 33.3 Å². The number of hydrogen-bond donors (Lipinski definition) is 1. The predicted molar refractivity (Wildman–Crippen MR) is 83.9 cm³/mol. The number of aromatic nitrogens is 1. The Hall–Kier alpha value is -1.63. The van der Waals surface area contributed by atoms with Crippen LogP contribution in [0.25, 0.3) is 0 Å². The molecule has 128 valence electrons. The number of amides is 1. The summed E-state index contributed by atoms with van der Waals surface area (Å²) in [6, 6.07) is 0.855. The zero-order chi connectivity index (χ0) is 17.2. The van der Waals surface area contributed by atoms with Crippen molar-refractivity contribution in [1.82, 2.24) is 9.88 Å². The van der Waals surface area contributed by atoms with Crippen LogP contribution in [0.1, 0.15) is 27.2 Å². The van der Waals surface area contributed by atoms with Gasteiger partial charge in [-0.15, -0.1) is 0 Å². The smallest absolute Gasteiger partial charge is 0.410 e. The molecule has 2 rings (SSSR count). The Bertz CT molecular complexity index is 580. The number of likely N-dealkylation sites (tertiary alicyclic amines) is 1. The van der Waals surface area contributed by atoms with Gasteiger partial charge >= 0.3 is 6.09 Å². The SMILES string of the molecule is CC(C)(C)OC(=O)N1CC[C@H](Nc2cnc(F)c(Cl)c2)[C@H](F)C1. The van der Waals surface area contributed by atoms with Crippen molar-refractivity contribution < 1.29 is 18.3 Å². The van der Waals surface area contributed by atoms with Crippen LogP contribution in [0.15, 0.2) is 12.3 Å². The van der Waals surface area contributed by atoms with Crippen molar-refractivity contribution in [3.05, 3.63) is 23.2 Å². The van der Waals surface area contributed by atoms with Gasteiger partial charge in [0.25, 0.3) is 0 Å². The van der Waals surface area contributed by atoms with Gasteiger partial charge in [0.05, 0.1) is 29.5 Å². The van der Waals surface area contributed by atoms with Gasteiger partial charge < -0.3 is 15.0 Å². The fraction of sp³-hybridized carbons (Fsp3) is 0.600. The normalized spacial score (nSPS) is 21.9. The number of piperidine rings is 1. The first-order valence-electron chi connectivity index (χ1n) is 7.35. The minimum absolute atomic E-state index is 0.0606. The van der Waals surface area contributed by atoms with Crippen molar-refractivity contribution in [2.24, 2.45) is 0 Å². The molecule has 8 heteroatoms. The highest BCUT2D eigenvalue weighted by molar-refractivity contribution is 6.30. The molecule has 5 nitrogen and oxygen atoms in total. The standard InChI is InChI=1S/C15H20ClF2N3O2/c1-15(2,3)23-14(22)21-5-4-12(11(17)8-21)20-9-6-10(16)13(18)19-7-9/h6-7,11-12,20H,4-5,8H2,1-3H3/t11-,12+/m1/s1. The number of hydrogen-bond acceptors (Lipinski definition) is 4. The molecule has 0 bridgehead atoms. The molecule has 0 aromatic carbocycles. The van der Waals surface area contributed by atoms with E-state index in [0.29, 0.717) is 18.7 Å². The number of pyridine rings is 1. The lowest BCUT2D eigenvalue weighted by molar-refractivity contribution is 0.0125. The first-order chi connectivity index (χ1) is 10.7. The second-order valence-corrected chi connectivity index (χ2v) is 6.89. The van der Waals surface area contributed by atoms with Crippen LogP contribution < -0.4 is 5.32 Å². The maximum atomic E-state index is 14.3. The van der Waals surface area contributed by atoms with Gasteiger partial charge in [0.15, 0.2) is 0 Å². The summed E-state index contributed by atoms with van der Waals surface area (Å²) in [5.74, 6) is -0.770. The lowest BCUT2D eigenvalue weighted by atomic mass is 10.0. The zero-order valence-corrected chi connectivity index (χ0v) is 14.0. The molecular formula is C15H20ClF2N3O2. The van der Waals surface area contributed by atoms with Gasteiger partial charge in [-0.1, -0.05) is 11.6 Å². The van der Waals surface area contributed by atoms with Crippen molar-refractivity contribution in [1.29, 1.82) is 0 Å². The summed E-state index contributed by atoms with van der Waals surface area (Å²) < 4.78 is 32.6. The first-order valence-corrected chi connectivity index (χ1v) is 7.73. The first kappa shape index (κ1) is 17.7. The average molecular weight is 348 g/mol. The lowest BCUT2D eigenvalue weighted by Crippen LogP contribution is -2.51. The molecule has 0 spiro atoms.